The van der Waals surface area contributed by atoms with Crippen LogP contribution in [0.2, 0.25) is 0 Å². The average molecular weight is 342 g/mol. The molecule has 2 N–H and O–H groups in total. The number of nitrogen functional groups attached to an aromatic ring is 1. The van der Waals surface area contributed by atoms with Crippen LogP contribution in [-0.4, -0.2) is 8.42 Å². The van der Waals surface area contributed by atoms with E-state index in [4.69, 9.17) is 9.92 Å². The molecule has 0 amide bonds. The number of rotatable bonds is 3. The highest BCUT2D eigenvalue weighted by molar-refractivity contribution is 9.10. The van der Waals surface area contributed by atoms with E-state index >= 15 is 0 Å². The molecule has 0 bridgehead atoms. The lowest BCUT2D eigenvalue weighted by atomic mass is 10.2. The Hall–Kier alpha value is -1.53. The summed E-state index contributed by atoms with van der Waals surface area (Å²) in [6.45, 7) is 1.86. The van der Waals surface area contributed by atoms with E-state index in [9.17, 15) is 8.42 Å². The summed E-state index contributed by atoms with van der Waals surface area (Å²) in [5.41, 5.74) is 6.97. The van der Waals surface area contributed by atoms with Crippen molar-refractivity contribution in [3.63, 3.8) is 0 Å². The fourth-order valence-corrected chi connectivity index (χ4v) is 3.36. The van der Waals surface area contributed by atoms with E-state index in [2.05, 4.69) is 15.9 Å². The van der Waals surface area contributed by atoms with E-state index in [0.717, 1.165) is 5.56 Å². The summed E-state index contributed by atoms with van der Waals surface area (Å²) >= 11 is 3.25. The number of aryl methyl sites for hydroxylation is 1. The first-order valence-electron chi connectivity index (χ1n) is 5.45. The van der Waals surface area contributed by atoms with Crippen LogP contribution in [0.4, 0.5) is 5.69 Å². The van der Waals surface area contributed by atoms with Crippen molar-refractivity contribution in [1.29, 1.82) is 0 Å². The summed E-state index contributed by atoms with van der Waals surface area (Å²) in [7, 11) is -3.88. The fraction of sp³-hybridized carbons (Fsp3) is 0.0769. The van der Waals surface area contributed by atoms with Crippen LogP contribution in [0.3, 0.4) is 0 Å². The molecule has 0 fully saturated rings. The van der Waals surface area contributed by atoms with Gasteiger partial charge in [-0.3, -0.25) is 0 Å². The lowest BCUT2D eigenvalue weighted by molar-refractivity contribution is 0.485. The summed E-state index contributed by atoms with van der Waals surface area (Å²) < 4.78 is 29.8. The number of anilines is 1. The number of hydrogen-bond donors (Lipinski definition) is 1. The second kappa shape index (κ2) is 5.22. The third kappa shape index (κ3) is 3.08. The summed E-state index contributed by atoms with van der Waals surface area (Å²) in [5.74, 6) is 0.106. The zero-order valence-electron chi connectivity index (χ0n) is 10.1. The Morgan fingerprint density at radius 2 is 1.79 bits per heavy atom. The van der Waals surface area contributed by atoms with E-state index in [0.29, 0.717) is 4.47 Å². The maximum absolute atomic E-state index is 12.1. The van der Waals surface area contributed by atoms with Gasteiger partial charge in [-0.15, -0.1) is 0 Å². The highest BCUT2D eigenvalue weighted by Gasteiger charge is 2.19. The van der Waals surface area contributed by atoms with Gasteiger partial charge >= 0.3 is 10.1 Å². The molecule has 0 spiro atoms. The monoisotopic (exact) mass is 341 g/mol. The van der Waals surface area contributed by atoms with Crippen molar-refractivity contribution >= 4 is 31.7 Å². The Labute approximate surface area is 120 Å². The van der Waals surface area contributed by atoms with Gasteiger partial charge in [0.1, 0.15) is 4.90 Å². The van der Waals surface area contributed by atoms with Gasteiger partial charge in [0.05, 0.1) is 10.2 Å². The van der Waals surface area contributed by atoms with Gasteiger partial charge in [-0.2, -0.15) is 8.42 Å². The Morgan fingerprint density at radius 3 is 2.37 bits per heavy atom. The summed E-state index contributed by atoms with van der Waals surface area (Å²) in [6.07, 6.45) is 0. The van der Waals surface area contributed by atoms with Gasteiger partial charge in [0.25, 0.3) is 0 Å². The molecule has 100 valence electrons. The molecule has 19 heavy (non-hydrogen) atoms. The van der Waals surface area contributed by atoms with Crippen molar-refractivity contribution in [2.45, 2.75) is 11.8 Å². The van der Waals surface area contributed by atoms with Gasteiger partial charge in [0.2, 0.25) is 0 Å². The van der Waals surface area contributed by atoms with Gasteiger partial charge in [0, 0.05) is 0 Å². The second-order valence-corrected chi connectivity index (χ2v) is 6.42. The molecular formula is C13H12BrNO3S. The van der Waals surface area contributed by atoms with E-state index in [1.54, 1.807) is 30.3 Å². The Balaban J connectivity index is 2.42. The molecule has 0 atom stereocenters. The zero-order chi connectivity index (χ0) is 14.0. The smallest absolute Gasteiger partial charge is 0.339 e. The zero-order valence-corrected chi connectivity index (χ0v) is 12.5. The number of hydrogen-bond acceptors (Lipinski definition) is 4. The van der Waals surface area contributed by atoms with Crippen molar-refractivity contribution < 1.29 is 12.6 Å². The normalized spacial score (nSPS) is 11.3. The van der Waals surface area contributed by atoms with E-state index in [1.807, 2.05) is 6.92 Å². The number of benzene rings is 2. The van der Waals surface area contributed by atoms with Gasteiger partial charge < -0.3 is 9.92 Å². The van der Waals surface area contributed by atoms with Crippen LogP contribution in [0.5, 0.6) is 5.75 Å². The molecule has 2 aromatic rings. The molecule has 0 aliphatic rings. The first kappa shape index (κ1) is 13.9. The molecule has 4 nitrogen and oxygen atoms in total. The quantitative estimate of drug-likeness (QED) is 0.687. The molecule has 0 aromatic heterocycles. The molecule has 0 aliphatic heterocycles. The molecule has 2 aromatic carbocycles. The number of halogens is 1. The predicted molar refractivity (Wildman–Crippen MR) is 77.5 cm³/mol. The second-order valence-electron chi connectivity index (χ2n) is 4.02. The van der Waals surface area contributed by atoms with Crippen LogP contribution in [0.1, 0.15) is 5.56 Å². The SMILES string of the molecule is Cc1cc(N)c(OS(=O)(=O)c2ccccc2)c(Br)c1. The van der Waals surface area contributed by atoms with Crippen LogP contribution >= 0.6 is 15.9 Å². The summed E-state index contributed by atoms with van der Waals surface area (Å²) in [6, 6.07) is 11.3. The topological polar surface area (TPSA) is 69.4 Å². The van der Waals surface area contributed by atoms with E-state index < -0.39 is 10.1 Å². The van der Waals surface area contributed by atoms with Crippen LogP contribution in [-0.2, 0) is 10.1 Å². The van der Waals surface area contributed by atoms with Gasteiger partial charge in [-0.25, -0.2) is 0 Å². The molecule has 2 rings (SSSR count). The summed E-state index contributed by atoms with van der Waals surface area (Å²) in [4.78, 5) is 0.0851. The van der Waals surface area contributed by atoms with Crippen LogP contribution in [0.25, 0.3) is 0 Å². The Bertz CT molecular complexity index is 676. The Kier molecular flexibility index (Phi) is 3.82. The minimum Gasteiger partial charge on any atom is -0.396 e. The largest absolute Gasteiger partial charge is 0.396 e. The third-order valence-corrected chi connectivity index (χ3v) is 4.27. The van der Waals surface area contributed by atoms with Crippen LogP contribution in [0.15, 0.2) is 51.8 Å². The first-order chi connectivity index (χ1) is 8.90. The van der Waals surface area contributed by atoms with Crippen molar-refractivity contribution in [1.82, 2.24) is 0 Å². The van der Waals surface area contributed by atoms with Crippen molar-refractivity contribution in [3.05, 3.63) is 52.5 Å². The lowest BCUT2D eigenvalue weighted by Gasteiger charge is -2.11. The minimum atomic E-state index is -3.88. The van der Waals surface area contributed by atoms with Crippen molar-refractivity contribution in [3.8, 4) is 5.75 Å². The van der Waals surface area contributed by atoms with E-state index in [1.165, 1.54) is 12.1 Å². The molecule has 6 heteroatoms. The van der Waals surface area contributed by atoms with Crippen LogP contribution < -0.4 is 9.92 Å². The molecule has 0 radical (unpaired) electrons. The minimum absolute atomic E-state index is 0.0851. The van der Waals surface area contributed by atoms with Gasteiger partial charge in [-0.05, 0) is 52.7 Å². The Morgan fingerprint density at radius 1 is 1.16 bits per heavy atom. The maximum atomic E-state index is 12.1. The van der Waals surface area contributed by atoms with Crippen LogP contribution in [0, 0.1) is 6.92 Å². The number of nitrogens with two attached hydrogens (primary N) is 1. The van der Waals surface area contributed by atoms with E-state index in [-0.39, 0.29) is 16.3 Å². The molecule has 0 aliphatic carbocycles. The third-order valence-electron chi connectivity index (χ3n) is 2.44. The standard InChI is InChI=1S/C13H12BrNO3S/c1-9-7-11(14)13(12(15)8-9)18-19(16,17)10-5-3-2-4-6-10/h2-8H,15H2,1H3. The van der Waals surface area contributed by atoms with Crippen molar-refractivity contribution in [2.24, 2.45) is 0 Å². The lowest BCUT2D eigenvalue weighted by Crippen LogP contribution is -2.11. The summed E-state index contributed by atoms with van der Waals surface area (Å²) in [5, 5.41) is 0. The fourth-order valence-electron chi connectivity index (χ4n) is 1.59. The molecule has 0 saturated carbocycles. The van der Waals surface area contributed by atoms with Gasteiger partial charge in [0.15, 0.2) is 5.75 Å². The highest BCUT2D eigenvalue weighted by atomic mass is 79.9. The maximum Gasteiger partial charge on any atom is 0.339 e. The molecule has 0 heterocycles. The van der Waals surface area contributed by atoms with Crippen molar-refractivity contribution in [2.75, 3.05) is 5.73 Å². The molecule has 0 saturated heterocycles. The van der Waals surface area contributed by atoms with Gasteiger partial charge in [-0.1, -0.05) is 18.2 Å². The first-order valence-corrected chi connectivity index (χ1v) is 7.65. The molecular weight excluding hydrogens is 330 g/mol. The average Bonchev–Trinajstić information content (AvgIpc) is 2.35. The highest BCUT2D eigenvalue weighted by Crippen LogP contribution is 2.34. The predicted octanol–water partition coefficient (Wildman–Crippen LogP) is 3.11. The molecule has 0 unspecified atom stereocenters.